The maximum absolute atomic E-state index is 13.1. The summed E-state index contributed by atoms with van der Waals surface area (Å²) in [6.45, 7) is 8.53. The largest absolute Gasteiger partial charge is 0.494 e. The summed E-state index contributed by atoms with van der Waals surface area (Å²) in [6, 6.07) is 23.0. The zero-order valence-electron chi connectivity index (χ0n) is 21.5. The Hall–Kier alpha value is -3.60. The Bertz CT molecular complexity index is 1360. The van der Waals surface area contributed by atoms with Crippen LogP contribution in [0.15, 0.2) is 66.7 Å². The van der Waals surface area contributed by atoms with Gasteiger partial charge in [-0.1, -0.05) is 43.3 Å². The molecule has 1 aliphatic rings. The Balaban J connectivity index is 1.29. The van der Waals surface area contributed by atoms with Crippen molar-refractivity contribution in [3.05, 3.63) is 89.2 Å². The van der Waals surface area contributed by atoms with E-state index in [1.807, 2.05) is 11.0 Å². The molecule has 4 aromatic rings. The third kappa shape index (κ3) is 5.01. The van der Waals surface area contributed by atoms with Crippen molar-refractivity contribution in [2.45, 2.75) is 58.9 Å². The summed E-state index contributed by atoms with van der Waals surface area (Å²) in [6.07, 6.45) is 3.48. The summed E-state index contributed by atoms with van der Waals surface area (Å²) in [5.41, 5.74) is 6.78. The molecule has 1 aromatic heterocycles. The standard InChI is InChI=1S/C31H35N3O2/c1-4-24-13-15-26(16-14-24)36-18-8-7-17-33-28-10-6-5-9-27(28)32-31(33)25-20-30(35)34(21-25)29-19-22(2)11-12-23(29)3/h5-6,9-16,19,25H,4,7-8,17-18,20-21H2,1-3H3. The summed E-state index contributed by atoms with van der Waals surface area (Å²) in [7, 11) is 0. The molecule has 0 radical (unpaired) electrons. The fraction of sp³-hybridized carbons (Fsp3) is 0.355. The number of rotatable bonds is 9. The molecule has 0 bridgehead atoms. The van der Waals surface area contributed by atoms with E-state index in [2.05, 4.69) is 86.0 Å². The number of nitrogens with zero attached hydrogens (tertiary/aromatic N) is 3. The van der Waals surface area contributed by atoms with Gasteiger partial charge in [-0.15, -0.1) is 0 Å². The van der Waals surface area contributed by atoms with E-state index in [1.54, 1.807) is 0 Å². The molecule has 0 aliphatic carbocycles. The summed E-state index contributed by atoms with van der Waals surface area (Å²) in [5.74, 6) is 2.21. The summed E-state index contributed by atoms with van der Waals surface area (Å²) < 4.78 is 8.29. The van der Waals surface area contributed by atoms with Crippen LogP contribution in [0.5, 0.6) is 5.75 Å². The van der Waals surface area contributed by atoms with Gasteiger partial charge < -0.3 is 14.2 Å². The van der Waals surface area contributed by atoms with Gasteiger partial charge in [0.2, 0.25) is 5.91 Å². The molecule has 1 atom stereocenters. The minimum atomic E-state index is 0.0816. The van der Waals surface area contributed by atoms with Crippen molar-refractivity contribution in [1.29, 1.82) is 0 Å². The molecule has 0 N–H and O–H groups in total. The number of ether oxygens (including phenoxy) is 1. The van der Waals surface area contributed by atoms with Crippen molar-refractivity contribution in [1.82, 2.24) is 9.55 Å². The second-order valence-corrected chi connectivity index (χ2v) is 9.86. The molecular formula is C31H35N3O2. The zero-order valence-corrected chi connectivity index (χ0v) is 21.5. The summed E-state index contributed by atoms with van der Waals surface area (Å²) in [4.78, 5) is 20.1. The second-order valence-electron chi connectivity index (χ2n) is 9.86. The number of amides is 1. The van der Waals surface area contributed by atoms with Crippen LogP contribution in [0.25, 0.3) is 11.0 Å². The fourth-order valence-corrected chi connectivity index (χ4v) is 5.15. The van der Waals surface area contributed by atoms with Gasteiger partial charge in [-0.3, -0.25) is 4.79 Å². The molecule has 2 heterocycles. The number of fused-ring (bicyclic) bond motifs is 1. The number of carbonyl (C=O) groups is 1. The number of anilines is 1. The predicted molar refractivity (Wildman–Crippen MR) is 146 cm³/mol. The van der Waals surface area contributed by atoms with Crippen molar-refractivity contribution in [2.75, 3.05) is 18.1 Å². The molecule has 1 fully saturated rings. The molecular weight excluding hydrogens is 446 g/mol. The number of aryl methyl sites for hydroxylation is 4. The Morgan fingerprint density at radius 2 is 1.81 bits per heavy atom. The third-order valence-electron chi connectivity index (χ3n) is 7.21. The Morgan fingerprint density at radius 1 is 1.00 bits per heavy atom. The molecule has 1 unspecified atom stereocenters. The summed E-state index contributed by atoms with van der Waals surface area (Å²) in [5, 5.41) is 0. The van der Waals surface area contributed by atoms with Gasteiger partial charge in [-0.05, 0) is 80.1 Å². The predicted octanol–water partition coefficient (Wildman–Crippen LogP) is 6.60. The van der Waals surface area contributed by atoms with Crippen molar-refractivity contribution >= 4 is 22.6 Å². The zero-order chi connectivity index (χ0) is 25.1. The smallest absolute Gasteiger partial charge is 0.227 e. The van der Waals surface area contributed by atoms with Gasteiger partial charge in [0.1, 0.15) is 11.6 Å². The van der Waals surface area contributed by atoms with Crippen molar-refractivity contribution < 1.29 is 9.53 Å². The van der Waals surface area contributed by atoms with Gasteiger partial charge in [-0.2, -0.15) is 0 Å². The van der Waals surface area contributed by atoms with Crippen molar-refractivity contribution in [3.63, 3.8) is 0 Å². The lowest BCUT2D eigenvalue weighted by Crippen LogP contribution is -2.25. The minimum absolute atomic E-state index is 0.0816. The van der Waals surface area contributed by atoms with Crippen LogP contribution in [-0.2, 0) is 17.8 Å². The number of unbranched alkanes of at least 4 members (excludes halogenated alkanes) is 1. The lowest BCUT2D eigenvalue weighted by atomic mass is 10.1. The summed E-state index contributed by atoms with van der Waals surface area (Å²) >= 11 is 0. The van der Waals surface area contributed by atoms with Crippen LogP contribution in [0, 0.1) is 13.8 Å². The molecule has 0 spiro atoms. The third-order valence-corrected chi connectivity index (χ3v) is 7.21. The highest BCUT2D eigenvalue weighted by atomic mass is 16.5. The van der Waals surface area contributed by atoms with E-state index in [-0.39, 0.29) is 11.8 Å². The van der Waals surface area contributed by atoms with E-state index >= 15 is 0 Å². The first-order valence-electron chi connectivity index (χ1n) is 13.1. The average molecular weight is 482 g/mol. The average Bonchev–Trinajstić information content (AvgIpc) is 3.46. The topological polar surface area (TPSA) is 47.4 Å². The van der Waals surface area contributed by atoms with E-state index < -0.39 is 0 Å². The van der Waals surface area contributed by atoms with Gasteiger partial charge in [-0.25, -0.2) is 4.98 Å². The molecule has 0 saturated carbocycles. The number of para-hydroxylation sites is 2. The highest BCUT2D eigenvalue weighted by Crippen LogP contribution is 2.35. The molecule has 5 heteroatoms. The van der Waals surface area contributed by atoms with Crippen LogP contribution in [0.3, 0.4) is 0 Å². The van der Waals surface area contributed by atoms with Crippen LogP contribution in [0.4, 0.5) is 5.69 Å². The van der Waals surface area contributed by atoms with Crippen LogP contribution < -0.4 is 9.64 Å². The van der Waals surface area contributed by atoms with Crippen molar-refractivity contribution in [2.24, 2.45) is 0 Å². The number of imidazole rings is 1. The molecule has 1 saturated heterocycles. The molecule has 36 heavy (non-hydrogen) atoms. The fourth-order valence-electron chi connectivity index (χ4n) is 5.15. The molecule has 5 rings (SSSR count). The maximum atomic E-state index is 13.1. The van der Waals surface area contributed by atoms with E-state index in [0.29, 0.717) is 19.6 Å². The van der Waals surface area contributed by atoms with Crippen LogP contribution in [0.1, 0.15) is 54.6 Å². The van der Waals surface area contributed by atoms with Gasteiger partial charge >= 0.3 is 0 Å². The van der Waals surface area contributed by atoms with E-state index in [1.165, 1.54) is 11.1 Å². The quantitative estimate of drug-likeness (QED) is 0.253. The monoisotopic (exact) mass is 481 g/mol. The Morgan fingerprint density at radius 3 is 2.61 bits per heavy atom. The van der Waals surface area contributed by atoms with Gasteiger partial charge in [0.15, 0.2) is 0 Å². The second kappa shape index (κ2) is 10.6. The first kappa shape index (κ1) is 24.1. The van der Waals surface area contributed by atoms with Crippen LogP contribution >= 0.6 is 0 Å². The van der Waals surface area contributed by atoms with E-state index in [9.17, 15) is 4.79 Å². The normalized spacial score (nSPS) is 15.7. The molecule has 1 amide bonds. The maximum Gasteiger partial charge on any atom is 0.227 e. The van der Waals surface area contributed by atoms with E-state index in [4.69, 9.17) is 9.72 Å². The molecule has 5 nitrogen and oxygen atoms in total. The molecule has 3 aromatic carbocycles. The number of hydrogen-bond acceptors (Lipinski definition) is 3. The number of aromatic nitrogens is 2. The van der Waals surface area contributed by atoms with Gasteiger partial charge in [0, 0.05) is 31.1 Å². The molecule has 1 aliphatic heterocycles. The van der Waals surface area contributed by atoms with Crippen LogP contribution in [-0.4, -0.2) is 28.6 Å². The van der Waals surface area contributed by atoms with Crippen LogP contribution in [0.2, 0.25) is 0 Å². The Labute approximate surface area is 213 Å². The van der Waals surface area contributed by atoms with Gasteiger partial charge in [0.25, 0.3) is 0 Å². The first-order chi connectivity index (χ1) is 17.5. The molecule has 186 valence electrons. The van der Waals surface area contributed by atoms with Gasteiger partial charge in [0.05, 0.1) is 17.6 Å². The Kier molecular flexibility index (Phi) is 7.08. The van der Waals surface area contributed by atoms with Crippen molar-refractivity contribution in [3.8, 4) is 5.75 Å². The lowest BCUT2D eigenvalue weighted by Gasteiger charge is -2.20. The number of benzene rings is 3. The number of carbonyl (C=O) groups excluding carboxylic acids is 1. The number of hydrogen-bond donors (Lipinski definition) is 0. The first-order valence-corrected chi connectivity index (χ1v) is 13.1. The van der Waals surface area contributed by atoms with E-state index in [0.717, 1.165) is 59.7 Å². The highest BCUT2D eigenvalue weighted by Gasteiger charge is 2.35. The lowest BCUT2D eigenvalue weighted by molar-refractivity contribution is -0.117. The minimum Gasteiger partial charge on any atom is -0.494 e. The highest BCUT2D eigenvalue weighted by molar-refractivity contribution is 5.97. The SMILES string of the molecule is CCc1ccc(OCCCCn2c(C3CC(=O)N(c4cc(C)ccc4C)C3)nc3ccccc32)cc1.